The van der Waals surface area contributed by atoms with Gasteiger partial charge in [-0.25, -0.2) is 0 Å². The van der Waals surface area contributed by atoms with Gasteiger partial charge in [0, 0.05) is 18.5 Å². The molecular weight excluding hydrogens is 234 g/mol. The molecule has 0 spiro atoms. The van der Waals surface area contributed by atoms with Gasteiger partial charge in [-0.05, 0) is 31.8 Å². The Morgan fingerprint density at radius 3 is 2.87 bits per heavy atom. The van der Waals surface area contributed by atoms with Gasteiger partial charge in [0.25, 0.3) is 5.91 Å². The Morgan fingerprint density at radius 1 is 1.67 bits per heavy atom. The summed E-state index contributed by atoms with van der Waals surface area (Å²) in [6.45, 7) is 4.65. The molecule has 0 fully saturated rings. The summed E-state index contributed by atoms with van der Waals surface area (Å²) in [7, 11) is 0. The molecular formula is C9H14ClN3OS. The van der Waals surface area contributed by atoms with Gasteiger partial charge in [0.05, 0.1) is 6.20 Å². The SMILES string of the molecule is CC(C)N(CCCCl)C(=O)c1cnns1. The second-order valence-corrected chi connectivity index (χ2v) is 4.58. The van der Waals surface area contributed by atoms with Crippen molar-refractivity contribution in [1.29, 1.82) is 0 Å². The fraction of sp³-hybridized carbons (Fsp3) is 0.667. The predicted octanol–water partition coefficient (Wildman–Crippen LogP) is 2.02. The zero-order valence-corrected chi connectivity index (χ0v) is 10.4. The van der Waals surface area contributed by atoms with E-state index in [0.29, 0.717) is 17.3 Å². The van der Waals surface area contributed by atoms with Gasteiger partial charge in [-0.3, -0.25) is 4.79 Å². The highest BCUT2D eigenvalue weighted by Crippen LogP contribution is 2.11. The predicted molar refractivity (Wildman–Crippen MR) is 61.4 cm³/mol. The normalized spacial score (nSPS) is 10.7. The number of carbonyl (C=O) groups excluding carboxylic acids is 1. The molecule has 1 rings (SSSR count). The minimum Gasteiger partial charge on any atom is -0.335 e. The highest BCUT2D eigenvalue weighted by molar-refractivity contribution is 7.07. The molecule has 1 aromatic heterocycles. The summed E-state index contributed by atoms with van der Waals surface area (Å²) < 4.78 is 3.68. The quantitative estimate of drug-likeness (QED) is 0.748. The molecule has 0 aliphatic carbocycles. The molecule has 15 heavy (non-hydrogen) atoms. The molecule has 0 aliphatic heterocycles. The van der Waals surface area contributed by atoms with E-state index >= 15 is 0 Å². The molecule has 0 aromatic carbocycles. The third-order valence-corrected chi connectivity index (χ3v) is 2.91. The summed E-state index contributed by atoms with van der Waals surface area (Å²) in [5.74, 6) is 0.558. The summed E-state index contributed by atoms with van der Waals surface area (Å²) in [4.78, 5) is 14.3. The van der Waals surface area contributed by atoms with E-state index in [0.717, 1.165) is 18.0 Å². The Kier molecular flexibility index (Phi) is 4.98. The van der Waals surface area contributed by atoms with Crippen LogP contribution in [0.25, 0.3) is 0 Å². The van der Waals surface area contributed by atoms with Crippen LogP contribution in [0.3, 0.4) is 0 Å². The topological polar surface area (TPSA) is 46.1 Å². The minimum atomic E-state index is -0.00915. The van der Waals surface area contributed by atoms with Crippen molar-refractivity contribution in [3.8, 4) is 0 Å². The van der Waals surface area contributed by atoms with Crippen LogP contribution in [0, 0.1) is 0 Å². The van der Waals surface area contributed by atoms with Crippen molar-refractivity contribution in [2.75, 3.05) is 12.4 Å². The van der Waals surface area contributed by atoms with Crippen molar-refractivity contribution >= 4 is 29.0 Å². The molecule has 0 bridgehead atoms. The summed E-state index contributed by atoms with van der Waals surface area (Å²) in [6, 6.07) is 0.169. The van der Waals surface area contributed by atoms with Crippen molar-refractivity contribution in [2.45, 2.75) is 26.3 Å². The fourth-order valence-electron chi connectivity index (χ4n) is 1.23. The number of halogens is 1. The molecule has 0 N–H and O–H groups in total. The second-order valence-electron chi connectivity index (χ2n) is 3.42. The van der Waals surface area contributed by atoms with Crippen LogP contribution < -0.4 is 0 Å². The van der Waals surface area contributed by atoms with Gasteiger partial charge >= 0.3 is 0 Å². The van der Waals surface area contributed by atoms with E-state index in [1.165, 1.54) is 6.20 Å². The molecule has 0 atom stereocenters. The number of alkyl halides is 1. The van der Waals surface area contributed by atoms with Crippen LogP contribution in [0.2, 0.25) is 0 Å². The lowest BCUT2D eigenvalue weighted by atomic mass is 10.2. The van der Waals surface area contributed by atoms with E-state index in [1.807, 2.05) is 13.8 Å². The van der Waals surface area contributed by atoms with E-state index in [4.69, 9.17) is 11.6 Å². The average Bonchev–Trinajstić information content (AvgIpc) is 2.70. The third-order valence-electron chi connectivity index (χ3n) is 1.99. The number of nitrogens with zero attached hydrogens (tertiary/aromatic N) is 3. The summed E-state index contributed by atoms with van der Waals surface area (Å²) in [5.41, 5.74) is 0. The van der Waals surface area contributed by atoms with E-state index in [9.17, 15) is 4.79 Å². The molecule has 1 aromatic rings. The van der Waals surface area contributed by atoms with E-state index in [-0.39, 0.29) is 11.9 Å². The second kappa shape index (κ2) is 6.02. The first-order chi connectivity index (χ1) is 7.16. The van der Waals surface area contributed by atoms with Crippen molar-refractivity contribution in [1.82, 2.24) is 14.5 Å². The zero-order valence-electron chi connectivity index (χ0n) is 8.81. The Labute approximate surface area is 98.4 Å². The van der Waals surface area contributed by atoms with Gasteiger partial charge < -0.3 is 4.90 Å². The van der Waals surface area contributed by atoms with E-state index < -0.39 is 0 Å². The number of amides is 1. The Morgan fingerprint density at radius 2 is 2.40 bits per heavy atom. The van der Waals surface area contributed by atoms with Crippen molar-refractivity contribution < 1.29 is 4.79 Å². The molecule has 0 saturated heterocycles. The molecule has 84 valence electrons. The van der Waals surface area contributed by atoms with Crippen LogP contribution >= 0.6 is 23.1 Å². The monoisotopic (exact) mass is 247 g/mol. The maximum atomic E-state index is 12.0. The Balaban J connectivity index is 2.67. The Bertz CT molecular complexity index is 302. The minimum absolute atomic E-state index is 0.00915. The highest BCUT2D eigenvalue weighted by atomic mass is 35.5. The molecule has 6 heteroatoms. The molecule has 1 heterocycles. The van der Waals surface area contributed by atoms with Crippen molar-refractivity contribution in [3.63, 3.8) is 0 Å². The zero-order chi connectivity index (χ0) is 11.3. The smallest absolute Gasteiger partial charge is 0.267 e. The van der Waals surface area contributed by atoms with Gasteiger partial charge in [0.15, 0.2) is 0 Å². The van der Waals surface area contributed by atoms with E-state index in [1.54, 1.807) is 4.90 Å². The maximum absolute atomic E-state index is 12.0. The van der Waals surface area contributed by atoms with Crippen LogP contribution in [0.15, 0.2) is 6.20 Å². The summed E-state index contributed by atoms with van der Waals surface area (Å²) >= 11 is 6.74. The molecule has 1 amide bonds. The number of rotatable bonds is 5. The van der Waals surface area contributed by atoms with Crippen molar-refractivity contribution in [3.05, 3.63) is 11.1 Å². The largest absolute Gasteiger partial charge is 0.335 e. The third kappa shape index (κ3) is 3.43. The molecule has 4 nitrogen and oxygen atoms in total. The van der Waals surface area contributed by atoms with Crippen molar-refractivity contribution in [2.24, 2.45) is 0 Å². The molecule has 0 saturated carbocycles. The molecule has 0 unspecified atom stereocenters. The number of carbonyl (C=O) groups is 1. The fourth-order valence-corrected chi connectivity index (χ4v) is 1.82. The van der Waals surface area contributed by atoms with Crippen LogP contribution in [-0.2, 0) is 0 Å². The van der Waals surface area contributed by atoms with Crippen LogP contribution in [0.4, 0.5) is 0 Å². The lowest BCUT2D eigenvalue weighted by Crippen LogP contribution is -2.37. The lowest BCUT2D eigenvalue weighted by molar-refractivity contribution is 0.0711. The first-order valence-corrected chi connectivity index (χ1v) is 6.12. The van der Waals surface area contributed by atoms with Gasteiger partial charge in [0.1, 0.15) is 4.88 Å². The van der Waals surface area contributed by atoms with Gasteiger partial charge in [-0.2, -0.15) is 0 Å². The van der Waals surface area contributed by atoms with Gasteiger partial charge in [0.2, 0.25) is 0 Å². The number of hydrogen-bond acceptors (Lipinski definition) is 4. The summed E-state index contributed by atoms with van der Waals surface area (Å²) in [6.07, 6.45) is 2.31. The van der Waals surface area contributed by atoms with Crippen LogP contribution in [0.1, 0.15) is 29.9 Å². The van der Waals surface area contributed by atoms with Gasteiger partial charge in [-0.1, -0.05) is 4.49 Å². The van der Waals surface area contributed by atoms with Crippen LogP contribution in [-0.4, -0.2) is 38.9 Å². The first kappa shape index (κ1) is 12.4. The standard InChI is InChI=1S/C9H14ClN3OS/c1-7(2)13(5-3-4-10)9(14)8-6-11-12-15-8/h6-7H,3-5H2,1-2H3. The number of aromatic nitrogens is 2. The molecule has 0 aliphatic rings. The first-order valence-electron chi connectivity index (χ1n) is 4.81. The lowest BCUT2D eigenvalue weighted by Gasteiger charge is -2.25. The summed E-state index contributed by atoms with van der Waals surface area (Å²) in [5, 5.41) is 3.66. The van der Waals surface area contributed by atoms with Crippen LogP contribution in [0.5, 0.6) is 0 Å². The Hall–Kier alpha value is -0.680. The average molecular weight is 248 g/mol. The number of hydrogen-bond donors (Lipinski definition) is 0. The maximum Gasteiger partial charge on any atom is 0.267 e. The molecule has 0 radical (unpaired) electrons. The van der Waals surface area contributed by atoms with E-state index in [2.05, 4.69) is 9.59 Å². The highest BCUT2D eigenvalue weighted by Gasteiger charge is 2.19. The van der Waals surface area contributed by atoms with Gasteiger partial charge in [-0.15, -0.1) is 16.7 Å².